The van der Waals surface area contributed by atoms with Crippen LogP contribution in [0.25, 0.3) is 12.2 Å². The minimum absolute atomic E-state index is 0.00182. The zero-order valence-electron chi connectivity index (χ0n) is 17.5. The molecule has 3 aromatic rings. The number of ether oxygens (including phenoxy) is 3. The molecule has 0 bridgehead atoms. The topological polar surface area (TPSA) is 105 Å². The lowest BCUT2D eigenvalue weighted by atomic mass is 9.83. The van der Waals surface area contributed by atoms with E-state index in [0.29, 0.717) is 17.1 Å². The maximum atomic E-state index is 12.3. The van der Waals surface area contributed by atoms with E-state index in [2.05, 4.69) is 0 Å². The molecule has 0 radical (unpaired) electrons. The van der Waals surface area contributed by atoms with E-state index >= 15 is 0 Å². The number of hydrogen-bond acceptors (Lipinski definition) is 7. The van der Waals surface area contributed by atoms with E-state index in [0.717, 1.165) is 16.7 Å². The molecule has 7 nitrogen and oxygen atoms in total. The molecule has 0 saturated carbocycles. The molecule has 32 heavy (non-hydrogen) atoms. The summed E-state index contributed by atoms with van der Waals surface area (Å²) in [4.78, 5) is 12.3. The van der Waals surface area contributed by atoms with Crippen molar-refractivity contribution in [2.75, 3.05) is 14.2 Å². The number of benzene rings is 3. The van der Waals surface area contributed by atoms with Crippen LogP contribution >= 0.6 is 0 Å². The molecule has 4 rings (SSSR count). The second kappa shape index (κ2) is 8.55. The standard InChI is InChI=1S/C25H22O7/c1-30-21-9-14(4-7-19(21)27)3-5-16-10-17(26)12-23-25(16)18(13-24(29)32-23)15-6-8-20(28)22(11-15)31-2/h3-12,18,26-28H,13H2,1-2H3/t18-/m1/s1. The monoisotopic (exact) mass is 434 g/mol. The van der Waals surface area contributed by atoms with Crippen LogP contribution in [0.3, 0.4) is 0 Å². The molecule has 164 valence electrons. The van der Waals surface area contributed by atoms with Gasteiger partial charge >= 0.3 is 5.97 Å². The molecule has 0 aromatic heterocycles. The zero-order chi connectivity index (χ0) is 22.8. The van der Waals surface area contributed by atoms with E-state index in [4.69, 9.17) is 14.2 Å². The lowest BCUT2D eigenvalue weighted by Gasteiger charge is -2.27. The zero-order valence-corrected chi connectivity index (χ0v) is 17.5. The van der Waals surface area contributed by atoms with Gasteiger partial charge in [-0.2, -0.15) is 0 Å². The van der Waals surface area contributed by atoms with Gasteiger partial charge in [-0.25, -0.2) is 0 Å². The molecular formula is C25H22O7. The predicted octanol–water partition coefficient (Wildman–Crippen LogP) is 4.43. The van der Waals surface area contributed by atoms with Crippen LogP contribution in [0.2, 0.25) is 0 Å². The lowest BCUT2D eigenvalue weighted by Crippen LogP contribution is -2.22. The summed E-state index contributed by atoms with van der Waals surface area (Å²) in [6.45, 7) is 0. The summed E-state index contributed by atoms with van der Waals surface area (Å²) in [5.41, 5.74) is 2.94. The fourth-order valence-electron chi connectivity index (χ4n) is 3.84. The summed E-state index contributed by atoms with van der Waals surface area (Å²) < 4.78 is 15.8. The van der Waals surface area contributed by atoms with Gasteiger partial charge in [0.05, 0.1) is 20.6 Å². The molecule has 7 heteroatoms. The molecule has 0 spiro atoms. The van der Waals surface area contributed by atoms with Crippen LogP contribution in [-0.2, 0) is 4.79 Å². The van der Waals surface area contributed by atoms with Gasteiger partial charge in [0.25, 0.3) is 0 Å². The summed E-state index contributed by atoms with van der Waals surface area (Å²) in [5, 5.41) is 30.0. The minimum Gasteiger partial charge on any atom is -0.508 e. The third-order valence-corrected chi connectivity index (χ3v) is 5.37. The molecule has 1 aliphatic heterocycles. The summed E-state index contributed by atoms with van der Waals surface area (Å²) in [6.07, 6.45) is 3.70. The van der Waals surface area contributed by atoms with Gasteiger partial charge in [0.15, 0.2) is 23.0 Å². The summed E-state index contributed by atoms with van der Waals surface area (Å²) >= 11 is 0. The summed E-state index contributed by atoms with van der Waals surface area (Å²) in [7, 11) is 2.93. The molecule has 1 heterocycles. The van der Waals surface area contributed by atoms with E-state index < -0.39 is 5.97 Å². The lowest BCUT2D eigenvalue weighted by molar-refractivity contribution is -0.135. The Labute approximate surface area is 184 Å². The highest BCUT2D eigenvalue weighted by Gasteiger charge is 2.31. The number of phenols is 3. The number of aromatic hydroxyl groups is 3. The average molecular weight is 434 g/mol. The van der Waals surface area contributed by atoms with Gasteiger partial charge in [-0.3, -0.25) is 4.79 Å². The van der Waals surface area contributed by atoms with Crippen molar-refractivity contribution in [3.05, 3.63) is 70.8 Å². The first kappa shape index (κ1) is 21.1. The number of hydrogen-bond donors (Lipinski definition) is 3. The Morgan fingerprint density at radius 1 is 0.906 bits per heavy atom. The smallest absolute Gasteiger partial charge is 0.312 e. The van der Waals surface area contributed by atoms with Crippen LogP contribution in [0.15, 0.2) is 48.5 Å². The van der Waals surface area contributed by atoms with Gasteiger partial charge in [0, 0.05) is 17.5 Å². The maximum Gasteiger partial charge on any atom is 0.312 e. The largest absolute Gasteiger partial charge is 0.508 e. The van der Waals surface area contributed by atoms with Crippen LogP contribution < -0.4 is 14.2 Å². The summed E-state index contributed by atoms with van der Waals surface area (Å²) in [6, 6.07) is 12.9. The van der Waals surface area contributed by atoms with Crippen molar-refractivity contribution < 1.29 is 34.3 Å². The van der Waals surface area contributed by atoms with Crippen molar-refractivity contribution in [3.8, 4) is 34.5 Å². The van der Waals surface area contributed by atoms with Crippen molar-refractivity contribution in [2.45, 2.75) is 12.3 Å². The Morgan fingerprint density at radius 2 is 1.59 bits per heavy atom. The number of fused-ring (bicyclic) bond motifs is 1. The van der Waals surface area contributed by atoms with Crippen molar-refractivity contribution >= 4 is 18.1 Å². The quantitative estimate of drug-likeness (QED) is 0.310. The first-order valence-electron chi connectivity index (χ1n) is 9.89. The third kappa shape index (κ3) is 4.05. The van der Waals surface area contributed by atoms with E-state index in [1.807, 2.05) is 6.08 Å². The predicted molar refractivity (Wildman–Crippen MR) is 118 cm³/mol. The van der Waals surface area contributed by atoms with E-state index in [9.17, 15) is 20.1 Å². The van der Waals surface area contributed by atoms with Crippen LogP contribution in [0.1, 0.15) is 34.6 Å². The molecule has 1 atom stereocenters. The number of carbonyl (C=O) groups is 1. The number of phenolic OH excluding ortho intramolecular Hbond substituents is 3. The highest BCUT2D eigenvalue weighted by Crippen LogP contribution is 2.45. The highest BCUT2D eigenvalue weighted by atomic mass is 16.5. The van der Waals surface area contributed by atoms with Crippen molar-refractivity contribution in [1.82, 2.24) is 0 Å². The van der Waals surface area contributed by atoms with Crippen molar-refractivity contribution in [2.24, 2.45) is 0 Å². The first-order valence-corrected chi connectivity index (χ1v) is 9.89. The van der Waals surface area contributed by atoms with Crippen molar-refractivity contribution in [3.63, 3.8) is 0 Å². The molecule has 0 saturated heterocycles. The average Bonchev–Trinajstić information content (AvgIpc) is 2.77. The summed E-state index contributed by atoms with van der Waals surface area (Å²) in [5.74, 6) is 0.135. The SMILES string of the molecule is COc1cc(C=Cc2cc(O)cc3c2[C@@H](c2ccc(O)c(OC)c2)CC(=O)O3)ccc1O. The number of methoxy groups -OCH3 is 2. The molecule has 3 N–H and O–H groups in total. The van der Waals surface area contributed by atoms with Gasteiger partial charge in [0.2, 0.25) is 0 Å². The highest BCUT2D eigenvalue weighted by molar-refractivity contribution is 5.82. The van der Waals surface area contributed by atoms with Crippen LogP contribution in [0.4, 0.5) is 0 Å². The molecular weight excluding hydrogens is 412 g/mol. The number of carbonyl (C=O) groups excluding carboxylic acids is 1. The Kier molecular flexibility index (Phi) is 5.64. The molecule has 0 fully saturated rings. The second-order valence-electron chi connectivity index (χ2n) is 7.37. The van der Waals surface area contributed by atoms with E-state index in [1.54, 1.807) is 36.4 Å². The fourth-order valence-corrected chi connectivity index (χ4v) is 3.84. The van der Waals surface area contributed by atoms with Gasteiger partial charge in [-0.05, 0) is 47.0 Å². The Balaban J connectivity index is 1.81. The van der Waals surface area contributed by atoms with E-state index in [-0.39, 0.29) is 35.3 Å². The third-order valence-electron chi connectivity index (χ3n) is 5.37. The van der Waals surface area contributed by atoms with Gasteiger partial charge in [-0.15, -0.1) is 0 Å². The Bertz CT molecular complexity index is 1210. The molecule has 1 aliphatic rings. The van der Waals surface area contributed by atoms with Crippen LogP contribution in [0, 0.1) is 0 Å². The van der Waals surface area contributed by atoms with Gasteiger partial charge in [-0.1, -0.05) is 24.3 Å². The minimum atomic E-state index is -0.418. The second-order valence-corrected chi connectivity index (χ2v) is 7.37. The van der Waals surface area contributed by atoms with Crippen LogP contribution in [-0.4, -0.2) is 35.5 Å². The number of rotatable bonds is 5. The van der Waals surface area contributed by atoms with Crippen molar-refractivity contribution in [1.29, 1.82) is 0 Å². The van der Waals surface area contributed by atoms with Gasteiger partial charge < -0.3 is 29.5 Å². The normalized spacial score (nSPS) is 15.3. The molecule has 0 unspecified atom stereocenters. The Morgan fingerprint density at radius 3 is 2.31 bits per heavy atom. The fraction of sp³-hybridized carbons (Fsp3) is 0.160. The maximum absolute atomic E-state index is 12.3. The molecule has 0 aliphatic carbocycles. The van der Waals surface area contributed by atoms with Crippen LogP contribution in [0.5, 0.6) is 34.5 Å². The molecule has 0 amide bonds. The number of esters is 1. The molecule has 3 aromatic carbocycles. The van der Waals surface area contributed by atoms with Gasteiger partial charge in [0.1, 0.15) is 11.5 Å². The Hall–Kier alpha value is -4.13. The van der Waals surface area contributed by atoms with E-state index in [1.165, 1.54) is 32.4 Å². The first-order chi connectivity index (χ1) is 15.4.